The van der Waals surface area contributed by atoms with Crippen LogP contribution < -0.4 is 0 Å². The molecule has 3 aromatic rings. The van der Waals surface area contributed by atoms with Gasteiger partial charge in [-0.15, -0.1) is 0 Å². The molecule has 0 unspecified atom stereocenters. The third-order valence-corrected chi connectivity index (χ3v) is 7.33. The smallest absolute Gasteiger partial charge is 0.175 e. The van der Waals surface area contributed by atoms with E-state index in [1.54, 1.807) is 12.1 Å². The molecule has 31 heavy (non-hydrogen) atoms. The van der Waals surface area contributed by atoms with E-state index in [9.17, 15) is 8.42 Å². The summed E-state index contributed by atoms with van der Waals surface area (Å²) in [6, 6.07) is 18.1. The molecule has 1 saturated heterocycles. The van der Waals surface area contributed by atoms with Crippen LogP contribution in [0.1, 0.15) is 12.5 Å². The first kappa shape index (κ1) is 21.8. The Labute approximate surface area is 185 Å². The second kappa shape index (κ2) is 8.99. The number of hydrogen-bond acceptors (Lipinski definition) is 4. The highest BCUT2D eigenvalue weighted by Crippen LogP contribution is 2.34. The summed E-state index contributed by atoms with van der Waals surface area (Å²) in [5.41, 5.74) is 5.35. The van der Waals surface area contributed by atoms with E-state index in [0.29, 0.717) is 4.90 Å². The summed E-state index contributed by atoms with van der Waals surface area (Å²) in [6.07, 6.45) is 3.26. The van der Waals surface area contributed by atoms with Crippen molar-refractivity contribution in [2.24, 2.45) is 7.05 Å². The molecule has 0 N–H and O–H groups in total. The van der Waals surface area contributed by atoms with Crippen molar-refractivity contribution in [2.45, 2.75) is 18.4 Å². The van der Waals surface area contributed by atoms with E-state index >= 15 is 0 Å². The van der Waals surface area contributed by atoms with Gasteiger partial charge in [0, 0.05) is 63.5 Å². The number of nitrogens with zero attached hydrogens (tertiary/aromatic N) is 3. The zero-order chi connectivity index (χ0) is 22.0. The summed E-state index contributed by atoms with van der Waals surface area (Å²) in [5, 5.41) is 0. The van der Waals surface area contributed by atoms with Crippen molar-refractivity contribution < 1.29 is 8.42 Å². The van der Waals surface area contributed by atoms with E-state index in [1.165, 1.54) is 11.8 Å². The Morgan fingerprint density at radius 1 is 0.871 bits per heavy atom. The normalized spacial score (nSPS) is 16.0. The number of aryl methyl sites for hydroxylation is 1. The summed E-state index contributed by atoms with van der Waals surface area (Å²) in [6.45, 7) is 8.76. The van der Waals surface area contributed by atoms with Crippen LogP contribution in [0.2, 0.25) is 0 Å². The largest absolute Gasteiger partial charge is 0.351 e. The highest BCUT2D eigenvalue weighted by atomic mass is 32.2. The molecule has 4 rings (SSSR count). The van der Waals surface area contributed by atoms with Crippen molar-refractivity contribution in [3.63, 3.8) is 0 Å². The Morgan fingerprint density at radius 3 is 2.13 bits per heavy atom. The Morgan fingerprint density at radius 2 is 1.55 bits per heavy atom. The molecule has 1 aliphatic heterocycles. The van der Waals surface area contributed by atoms with Gasteiger partial charge in [0.15, 0.2) is 9.84 Å². The third kappa shape index (κ3) is 4.92. The second-order valence-corrected chi connectivity index (χ2v) is 10.4. The molecule has 1 fully saturated rings. The predicted octanol–water partition coefficient (Wildman–Crippen LogP) is 3.90. The van der Waals surface area contributed by atoms with Gasteiger partial charge in [-0.3, -0.25) is 4.90 Å². The minimum atomic E-state index is -3.28. The lowest BCUT2D eigenvalue weighted by atomic mass is 9.96. The van der Waals surface area contributed by atoms with Crippen molar-refractivity contribution in [1.82, 2.24) is 14.4 Å². The van der Waals surface area contributed by atoms with Gasteiger partial charge in [0.25, 0.3) is 0 Å². The van der Waals surface area contributed by atoms with Crippen LogP contribution in [0.15, 0.2) is 65.7 Å². The van der Waals surface area contributed by atoms with E-state index in [1.807, 2.05) is 25.4 Å². The van der Waals surface area contributed by atoms with Gasteiger partial charge in [0.1, 0.15) is 0 Å². The number of likely N-dealkylation sites (N-methyl/N-ethyl adjacent to an activating group) is 1. The fraction of sp³-hybridized carbons (Fsp3) is 0.360. The quantitative estimate of drug-likeness (QED) is 0.587. The maximum atomic E-state index is 12.2. The first-order valence-electron chi connectivity index (χ1n) is 10.8. The molecule has 1 aliphatic rings. The summed E-state index contributed by atoms with van der Waals surface area (Å²) < 4.78 is 26.4. The van der Waals surface area contributed by atoms with E-state index in [-0.39, 0.29) is 0 Å². The summed E-state index contributed by atoms with van der Waals surface area (Å²) in [7, 11) is -1.28. The highest BCUT2D eigenvalue weighted by Gasteiger charge is 2.17. The van der Waals surface area contributed by atoms with Crippen molar-refractivity contribution >= 4 is 9.84 Å². The highest BCUT2D eigenvalue weighted by molar-refractivity contribution is 7.90. The van der Waals surface area contributed by atoms with Crippen LogP contribution >= 0.6 is 0 Å². The number of rotatable bonds is 6. The van der Waals surface area contributed by atoms with Gasteiger partial charge in [-0.25, -0.2) is 8.42 Å². The Hall–Kier alpha value is -2.41. The van der Waals surface area contributed by atoms with Crippen LogP contribution in [-0.4, -0.2) is 61.8 Å². The SMILES string of the molecule is CCN1CCN(Cc2ccc(-c3cc(S(C)(=O)=O)ccc3-c3cccn3C)cc2)CC1. The monoisotopic (exact) mass is 437 g/mol. The number of hydrogen-bond donors (Lipinski definition) is 0. The van der Waals surface area contributed by atoms with Gasteiger partial charge in [0.2, 0.25) is 0 Å². The first-order valence-corrected chi connectivity index (χ1v) is 12.7. The molecule has 0 bridgehead atoms. The van der Waals surface area contributed by atoms with Gasteiger partial charge in [-0.1, -0.05) is 37.3 Å². The first-order chi connectivity index (χ1) is 14.8. The topological polar surface area (TPSA) is 45.6 Å². The average Bonchev–Trinajstić information content (AvgIpc) is 3.19. The van der Waals surface area contributed by atoms with Crippen LogP contribution in [0.5, 0.6) is 0 Å². The molecule has 1 aromatic heterocycles. The maximum Gasteiger partial charge on any atom is 0.175 e. The van der Waals surface area contributed by atoms with E-state index in [4.69, 9.17) is 0 Å². The van der Waals surface area contributed by atoms with Crippen molar-refractivity contribution in [1.29, 1.82) is 0 Å². The molecule has 0 amide bonds. The fourth-order valence-corrected chi connectivity index (χ4v) is 4.92. The molecular weight excluding hydrogens is 406 g/mol. The minimum Gasteiger partial charge on any atom is -0.351 e. The lowest BCUT2D eigenvalue weighted by Gasteiger charge is -2.34. The lowest BCUT2D eigenvalue weighted by Crippen LogP contribution is -2.45. The molecule has 0 atom stereocenters. The number of sulfone groups is 1. The molecule has 6 heteroatoms. The Kier molecular flexibility index (Phi) is 6.32. The lowest BCUT2D eigenvalue weighted by molar-refractivity contribution is 0.132. The van der Waals surface area contributed by atoms with Gasteiger partial charge in [-0.2, -0.15) is 0 Å². The second-order valence-electron chi connectivity index (χ2n) is 8.39. The van der Waals surface area contributed by atoms with Gasteiger partial charge in [-0.05, 0) is 47.5 Å². The maximum absolute atomic E-state index is 12.2. The molecule has 164 valence electrons. The molecule has 0 saturated carbocycles. The van der Waals surface area contributed by atoms with Crippen molar-refractivity contribution in [2.75, 3.05) is 39.0 Å². The number of aromatic nitrogens is 1. The Balaban J connectivity index is 1.63. The summed E-state index contributed by atoms with van der Waals surface area (Å²) in [4.78, 5) is 5.33. The number of benzene rings is 2. The van der Waals surface area contributed by atoms with Gasteiger partial charge >= 0.3 is 0 Å². The van der Waals surface area contributed by atoms with Crippen molar-refractivity contribution in [3.8, 4) is 22.4 Å². The van der Waals surface area contributed by atoms with Crippen LogP contribution in [0.4, 0.5) is 0 Å². The van der Waals surface area contributed by atoms with Crippen molar-refractivity contribution in [3.05, 3.63) is 66.4 Å². The molecule has 0 radical (unpaired) electrons. The summed E-state index contributed by atoms with van der Waals surface area (Å²) >= 11 is 0. The van der Waals surface area contributed by atoms with Gasteiger partial charge in [0.05, 0.1) is 4.90 Å². The van der Waals surface area contributed by atoms with E-state index < -0.39 is 9.84 Å². The minimum absolute atomic E-state index is 0.346. The zero-order valence-corrected chi connectivity index (χ0v) is 19.4. The summed E-state index contributed by atoms with van der Waals surface area (Å²) in [5.74, 6) is 0. The predicted molar refractivity (Wildman–Crippen MR) is 127 cm³/mol. The molecule has 2 heterocycles. The Bertz CT molecular complexity index is 1140. The average molecular weight is 438 g/mol. The zero-order valence-electron chi connectivity index (χ0n) is 18.6. The molecule has 0 aliphatic carbocycles. The standard InChI is InChI=1S/C25H31N3O2S/c1-4-27-14-16-28(17-15-27)19-20-7-9-21(10-8-20)24-18-22(31(3,29)30)11-12-23(24)25-6-5-13-26(25)2/h5-13,18H,4,14-17,19H2,1-3H3. The third-order valence-electron chi connectivity index (χ3n) is 6.22. The molecule has 2 aromatic carbocycles. The van der Waals surface area contributed by atoms with Crippen LogP contribution in [0.25, 0.3) is 22.4 Å². The molecular formula is C25H31N3O2S. The number of piperazine rings is 1. The van der Waals surface area contributed by atoms with Crippen LogP contribution in [-0.2, 0) is 23.4 Å². The van der Waals surface area contributed by atoms with E-state index in [0.717, 1.165) is 61.7 Å². The fourth-order valence-electron chi connectivity index (χ4n) is 4.27. The van der Waals surface area contributed by atoms with Crippen LogP contribution in [0.3, 0.4) is 0 Å². The van der Waals surface area contributed by atoms with Gasteiger partial charge < -0.3 is 9.47 Å². The van der Waals surface area contributed by atoms with E-state index in [2.05, 4.69) is 51.6 Å². The molecule has 0 spiro atoms. The molecule has 5 nitrogen and oxygen atoms in total. The van der Waals surface area contributed by atoms with Crippen LogP contribution in [0, 0.1) is 0 Å².